The summed E-state index contributed by atoms with van der Waals surface area (Å²) in [4.78, 5) is 14.6. The third-order valence-electron chi connectivity index (χ3n) is 6.89. The number of carbonyl (C=O) groups excluding carboxylic acids is 1. The van der Waals surface area contributed by atoms with Crippen LogP contribution in [-0.4, -0.2) is 59.8 Å². The topological polar surface area (TPSA) is 113 Å². The van der Waals surface area contributed by atoms with Gasteiger partial charge in [0.15, 0.2) is 0 Å². The predicted molar refractivity (Wildman–Crippen MR) is 135 cm³/mol. The van der Waals surface area contributed by atoms with E-state index in [9.17, 15) is 21.6 Å². The van der Waals surface area contributed by atoms with Crippen LogP contribution in [0.15, 0.2) is 52.3 Å². The van der Waals surface area contributed by atoms with Gasteiger partial charge in [-0.1, -0.05) is 6.42 Å². The van der Waals surface area contributed by atoms with Crippen molar-refractivity contribution in [1.82, 2.24) is 9.03 Å². The number of piperidine rings is 1. The van der Waals surface area contributed by atoms with Crippen molar-refractivity contribution < 1.29 is 26.4 Å². The van der Waals surface area contributed by atoms with E-state index in [2.05, 4.69) is 4.72 Å². The first kappa shape index (κ1) is 25.2. The summed E-state index contributed by atoms with van der Waals surface area (Å²) >= 11 is 0. The molecule has 0 bridgehead atoms. The molecule has 2 aromatic carbocycles. The minimum absolute atomic E-state index is 0.0551. The van der Waals surface area contributed by atoms with Gasteiger partial charge >= 0.3 is 0 Å². The standard InChI is InChI=1S/C25H31N3O6S2/c29-25(19-4-5-19)28-16-12-20-18-23(10-11-24(20)28)35(30,31)26-13-17-34-21-6-8-22(9-7-21)36(32,33)27-14-2-1-3-15-27/h6-11,18-19,26H,1-5,12-17H2. The Labute approximate surface area is 212 Å². The second-order valence-electron chi connectivity index (χ2n) is 9.49. The number of amides is 1. The Morgan fingerprint density at radius 2 is 1.61 bits per heavy atom. The molecule has 2 heterocycles. The molecule has 0 radical (unpaired) electrons. The summed E-state index contributed by atoms with van der Waals surface area (Å²) in [5.74, 6) is 0.720. The van der Waals surface area contributed by atoms with Crippen LogP contribution in [0.4, 0.5) is 5.69 Å². The van der Waals surface area contributed by atoms with Crippen molar-refractivity contribution in [2.45, 2.75) is 48.3 Å². The zero-order valence-electron chi connectivity index (χ0n) is 20.1. The number of rotatable bonds is 9. The van der Waals surface area contributed by atoms with Gasteiger partial charge in [-0.2, -0.15) is 4.31 Å². The van der Waals surface area contributed by atoms with Crippen molar-refractivity contribution in [2.75, 3.05) is 37.7 Å². The van der Waals surface area contributed by atoms with Gasteiger partial charge in [-0.15, -0.1) is 0 Å². The van der Waals surface area contributed by atoms with Crippen molar-refractivity contribution in [3.63, 3.8) is 0 Å². The molecule has 0 aromatic heterocycles. The molecule has 1 amide bonds. The molecule has 2 aromatic rings. The average molecular weight is 534 g/mol. The fraction of sp³-hybridized carbons (Fsp3) is 0.480. The zero-order chi connectivity index (χ0) is 25.3. The molecule has 1 saturated carbocycles. The molecule has 36 heavy (non-hydrogen) atoms. The fourth-order valence-corrected chi connectivity index (χ4v) is 7.30. The van der Waals surface area contributed by atoms with E-state index in [4.69, 9.17) is 4.74 Å². The Morgan fingerprint density at radius 1 is 0.917 bits per heavy atom. The molecule has 11 heteroatoms. The van der Waals surface area contributed by atoms with Gasteiger partial charge in [0, 0.05) is 37.8 Å². The number of fused-ring (bicyclic) bond motifs is 1. The lowest BCUT2D eigenvalue weighted by Gasteiger charge is -2.25. The monoisotopic (exact) mass is 533 g/mol. The molecule has 0 atom stereocenters. The summed E-state index contributed by atoms with van der Waals surface area (Å²) in [6.45, 7) is 1.82. The number of hydrogen-bond donors (Lipinski definition) is 1. The van der Waals surface area contributed by atoms with Gasteiger partial charge < -0.3 is 9.64 Å². The number of ether oxygens (including phenoxy) is 1. The van der Waals surface area contributed by atoms with E-state index in [0.29, 0.717) is 31.8 Å². The van der Waals surface area contributed by atoms with E-state index in [1.54, 1.807) is 29.2 Å². The van der Waals surface area contributed by atoms with Crippen LogP contribution in [0.3, 0.4) is 0 Å². The fourth-order valence-electron chi connectivity index (χ4n) is 4.72. The number of benzene rings is 2. The van der Waals surface area contributed by atoms with Crippen molar-refractivity contribution in [3.05, 3.63) is 48.0 Å². The molecule has 9 nitrogen and oxygen atoms in total. The Morgan fingerprint density at radius 3 is 2.31 bits per heavy atom. The highest BCUT2D eigenvalue weighted by atomic mass is 32.2. The first-order valence-corrected chi connectivity index (χ1v) is 15.3. The molecule has 1 N–H and O–H groups in total. The number of carbonyl (C=O) groups is 1. The smallest absolute Gasteiger partial charge is 0.243 e. The third kappa shape index (κ3) is 5.29. The van der Waals surface area contributed by atoms with Gasteiger partial charge in [-0.25, -0.2) is 21.6 Å². The van der Waals surface area contributed by atoms with Gasteiger partial charge in [-0.3, -0.25) is 4.79 Å². The van der Waals surface area contributed by atoms with E-state index >= 15 is 0 Å². The van der Waals surface area contributed by atoms with Crippen LogP contribution in [0.1, 0.15) is 37.7 Å². The minimum Gasteiger partial charge on any atom is -0.492 e. The molecular formula is C25H31N3O6S2. The van der Waals surface area contributed by atoms with Crippen LogP contribution >= 0.6 is 0 Å². The number of sulfonamides is 2. The quantitative estimate of drug-likeness (QED) is 0.496. The Bertz CT molecular complexity index is 1330. The maximum atomic E-state index is 12.8. The Balaban J connectivity index is 1.14. The molecule has 3 aliphatic rings. The molecule has 0 spiro atoms. The summed E-state index contributed by atoms with van der Waals surface area (Å²) in [5, 5.41) is 0. The highest BCUT2D eigenvalue weighted by molar-refractivity contribution is 7.89. The van der Waals surface area contributed by atoms with Crippen molar-refractivity contribution in [1.29, 1.82) is 0 Å². The SMILES string of the molecule is O=C(C1CC1)N1CCc2cc(S(=O)(=O)NCCOc3ccc(S(=O)(=O)N4CCCCC4)cc3)ccc21. The maximum absolute atomic E-state index is 12.8. The lowest BCUT2D eigenvalue weighted by Crippen LogP contribution is -2.35. The van der Waals surface area contributed by atoms with Gasteiger partial charge in [0.05, 0.1) is 9.79 Å². The maximum Gasteiger partial charge on any atom is 0.243 e. The van der Waals surface area contributed by atoms with Crippen LogP contribution < -0.4 is 14.4 Å². The molecule has 2 fully saturated rings. The lowest BCUT2D eigenvalue weighted by molar-refractivity contribution is -0.119. The third-order valence-corrected chi connectivity index (χ3v) is 10.3. The second kappa shape index (κ2) is 10.1. The van der Waals surface area contributed by atoms with E-state index in [1.807, 2.05) is 0 Å². The van der Waals surface area contributed by atoms with Crippen molar-refractivity contribution in [2.24, 2.45) is 5.92 Å². The van der Waals surface area contributed by atoms with Crippen LogP contribution in [0, 0.1) is 5.92 Å². The summed E-state index contributed by atoms with van der Waals surface area (Å²) in [6, 6.07) is 11.1. The van der Waals surface area contributed by atoms with Gasteiger partial charge in [0.25, 0.3) is 0 Å². The molecule has 0 unspecified atom stereocenters. The average Bonchev–Trinajstić information content (AvgIpc) is 3.66. The van der Waals surface area contributed by atoms with Crippen LogP contribution in [0.5, 0.6) is 5.75 Å². The summed E-state index contributed by atoms with van der Waals surface area (Å²) in [6.07, 6.45) is 5.31. The summed E-state index contributed by atoms with van der Waals surface area (Å²) in [5.41, 5.74) is 1.67. The summed E-state index contributed by atoms with van der Waals surface area (Å²) < 4.78 is 60.7. The largest absolute Gasteiger partial charge is 0.492 e. The Kier molecular flexibility index (Phi) is 7.08. The molecule has 194 valence electrons. The van der Waals surface area contributed by atoms with Crippen molar-refractivity contribution in [3.8, 4) is 5.75 Å². The minimum atomic E-state index is -3.73. The van der Waals surface area contributed by atoms with Gasteiger partial charge in [-0.05, 0) is 80.1 Å². The molecule has 5 rings (SSSR count). The van der Waals surface area contributed by atoms with E-state index in [0.717, 1.165) is 43.4 Å². The van der Waals surface area contributed by atoms with Crippen LogP contribution in [0.2, 0.25) is 0 Å². The van der Waals surface area contributed by atoms with E-state index in [1.165, 1.54) is 22.5 Å². The van der Waals surface area contributed by atoms with Crippen molar-refractivity contribution >= 4 is 31.6 Å². The normalized spacial score (nSPS) is 18.7. The molecular weight excluding hydrogens is 502 g/mol. The number of nitrogens with one attached hydrogen (secondary N) is 1. The highest BCUT2D eigenvalue weighted by Crippen LogP contribution is 2.37. The zero-order valence-corrected chi connectivity index (χ0v) is 21.7. The first-order valence-electron chi connectivity index (χ1n) is 12.4. The van der Waals surface area contributed by atoms with Crippen LogP contribution in [-0.2, 0) is 31.3 Å². The number of anilines is 1. The predicted octanol–water partition coefficient (Wildman–Crippen LogP) is 2.52. The second-order valence-corrected chi connectivity index (χ2v) is 13.2. The van der Waals surface area contributed by atoms with Gasteiger partial charge in [0.1, 0.15) is 12.4 Å². The first-order chi connectivity index (χ1) is 17.3. The highest BCUT2D eigenvalue weighted by Gasteiger charge is 2.36. The van der Waals surface area contributed by atoms with Gasteiger partial charge in [0.2, 0.25) is 26.0 Å². The van der Waals surface area contributed by atoms with E-state index in [-0.39, 0.29) is 34.8 Å². The lowest BCUT2D eigenvalue weighted by atomic mass is 10.2. The molecule has 1 aliphatic carbocycles. The summed E-state index contributed by atoms with van der Waals surface area (Å²) in [7, 11) is -7.24. The Hall–Kier alpha value is -2.47. The van der Waals surface area contributed by atoms with Crippen LogP contribution in [0.25, 0.3) is 0 Å². The molecule has 1 saturated heterocycles. The van der Waals surface area contributed by atoms with E-state index < -0.39 is 20.0 Å². The number of hydrogen-bond acceptors (Lipinski definition) is 6. The molecule has 2 aliphatic heterocycles. The number of nitrogens with zero attached hydrogens (tertiary/aromatic N) is 2.